The van der Waals surface area contributed by atoms with Crippen molar-refractivity contribution in [3.8, 4) is 17.2 Å². The Hall–Kier alpha value is -3.82. The molecule has 37 heavy (non-hydrogen) atoms. The number of phenolic OH excluding ortho intramolecular Hbond substituents is 1. The van der Waals surface area contributed by atoms with Gasteiger partial charge < -0.3 is 29.3 Å². The molecule has 2 heterocycles. The summed E-state index contributed by atoms with van der Waals surface area (Å²) in [5.41, 5.74) is 0.921. The quantitative estimate of drug-likeness (QED) is 0.218. The van der Waals surface area contributed by atoms with Crippen LogP contribution < -0.4 is 9.47 Å². The number of rotatable bonds is 10. The minimum absolute atomic E-state index is 0.0103. The normalized spacial score (nSPS) is 19.7. The van der Waals surface area contributed by atoms with E-state index in [-0.39, 0.29) is 22.8 Å². The predicted octanol–water partition coefficient (Wildman–Crippen LogP) is 3.11. The zero-order valence-corrected chi connectivity index (χ0v) is 20.9. The SMILES string of the molecule is C=CCOc1ccc(/C(O)=C2\C(=O)C(=O)N(CCCN3CCOCC3)[C@H]2c2ccc(O)c(OC)c2)cc1. The van der Waals surface area contributed by atoms with Crippen molar-refractivity contribution in [1.82, 2.24) is 9.80 Å². The molecule has 0 aliphatic carbocycles. The number of nitrogens with zero attached hydrogens (tertiary/aromatic N) is 2. The van der Waals surface area contributed by atoms with Gasteiger partial charge in [0.15, 0.2) is 11.5 Å². The average Bonchev–Trinajstić information content (AvgIpc) is 3.17. The summed E-state index contributed by atoms with van der Waals surface area (Å²) in [5, 5.41) is 21.4. The van der Waals surface area contributed by atoms with Gasteiger partial charge in [0.25, 0.3) is 11.7 Å². The predicted molar refractivity (Wildman–Crippen MR) is 138 cm³/mol. The van der Waals surface area contributed by atoms with Crippen LogP contribution in [0.15, 0.2) is 60.7 Å². The number of aliphatic hydroxyl groups excluding tert-OH is 1. The van der Waals surface area contributed by atoms with Crippen molar-refractivity contribution in [3.05, 3.63) is 71.8 Å². The summed E-state index contributed by atoms with van der Waals surface area (Å²) >= 11 is 0. The highest BCUT2D eigenvalue weighted by Gasteiger charge is 2.46. The molecule has 0 radical (unpaired) electrons. The topological polar surface area (TPSA) is 109 Å². The van der Waals surface area contributed by atoms with Gasteiger partial charge in [-0.25, -0.2) is 0 Å². The summed E-state index contributed by atoms with van der Waals surface area (Å²) in [6.07, 6.45) is 2.27. The summed E-state index contributed by atoms with van der Waals surface area (Å²) in [6.45, 7) is 8.03. The highest BCUT2D eigenvalue weighted by Crippen LogP contribution is 2.42. The Bertz CT molecular complexity index is 1170. The molecule has 2 N–H and O–H groups in total. The van der Waals surface area contributed by atoms with E-state index >= 15 is 0 Å². The molecule has 2 aromatic carbocycles. The second-order valence-corrected chi connectivity index (χ2v) is 8.86. The molecule has 2 saturated heterocycles. The third kappa shape index (κ3) is 5.79. The van der Waals surface area contributed by atoms with Crippen LogP contribution in [0.3, 0.4) is 0 Å². The zero-order chi connectivity index (χ0) is 26.4. The van der Waals surface area contributed by atoms with Crippen molar-refractivity contribution in [2.24, 2.45) is 0 Å². The standard InChI is InChI=1S/C28H32N2O7/c1-3-15-37-21-8-5-19(6-9-21)26(32)24-25(20-7-10-22(31)23(18-20)35-2)30(28(34)27(24)33)12-4-11-29-13-16-36-17-14-29/h3,5-10,18,25,31-32H,1,4,11-17H2,2H3/b26-24+/t25-/m0/s1. The van der Waals surface area contributed by atoms with Gasteiger partial charge in [-0.15, -0.1) is 0 Å². The Morgan fingerprint density at radius 1 is 1.14 bits per heavy atom. The Labute approximate surface area is 216 Å². The number of morpholine rings is 1. The molecule has 196 valence electrons. The summed E-state index contributed by atoms with van der Waals surface area (Å²) in [6, 6.07) is 10.4. The fourth-order valence-electron chi connectivity index (χ4n) is 4.63. The molecule has 2 aliphatic rings. The van der Waals surface area contributed by atoms with Crippen LogP contribution in [0.5, 0.6) is 17.2 Å². The number of phenols is 1. The summed E-state index contributed by atoms with van der Waals surface area (Å²) in [4.78, 5) is 30.2. The molecule has 2 aliphatic heterocycles. The molecular weight excluding hydrogens is 476 g/mol. The number of ether oxygens (including phenoxy) is 3. The minimum atomic E-state index is -0.837. The third-order valence-electron chi connectivity index (χ3n) is 6.53. The molecule has 1 atom stereocenters. The number of hydrogen-bond donors (Lipinski definition) is 2. The number of aromatic hydroxyl groups is 1. The first kappa shape index (κ1) is 26.2. The largest absolute Gasteiger partial charge is 0.507 e. The number of hydrogen-bond acceptors (Lipinski definition) is 8. The number of likely N-dealkylation sites (tertiary alicyclic amines) is 1. The number of benzene rings is 2. The van der Waals surface area contributed by atoms with E-state index in [1.807, 2.05) is 0 Å². The van der Waals surface area contributed by atoms with Crippen molar-refractivity contribution >= 4 is 17.4 Å². The molecule has 1 amide bonds. The molecule has 2 aromatic rings. The van der Waals surface area contributed by atoms with Crippen LogP contribution in [0, 0.1) is 0 Å². The van der Waals surface area contributed by atoms with E-state index < -0.39 is 17.7 Å². The van der Waals surface area contributed by atoms with Gasteiger partial charge in [0.05, 0.1) is 31.9 Å². The van der Waals surface area contributed by atoms with Crippen molar-refractivity contribution < 1.29 is 34.0 Å². The van der Waals surface area contributed by atoms with Crippen LogP contribution in [0.2, 0.25) is 0 Å². The Morgan fingerprint density at radius 2 is 1.86 bits per heavy atom. The monoisotopic (exact) mass is 508 g/mol. The Balaban J connectivity index is 1.68. The van der Waals surface area contributed by atoms with E-state index in [0.717, 1.165) is 19.6 Å². The van der Waals surface area contributed by atoms with Gasteiger partial charge in [-0.1, -0.05) is 18.7 Å². The lowest BCUT2D eigenvalue weighted by Crippen LogP contribution is -2.38. The van der Waals surface area contributed by atoms with Crippen molar-refractivity contribution in [2.75, 3.05) is 53.1 Å². The van der Waals surface area contributed by atoms with Gasteiger partial charge in [-0.2, -0.15) is 0 Å². The lowest BCUT2D eigenvalue weighted by molar-refractivity contribution is -0.140. The van der Waals surface area contributed by atoms with E-state index in [0.29, 0.717) is 49.7 Å². The number of Topliss-reactive ketones (excluding diaryl/α,β-unsaturated/α-hetero) is 1. The summed E-state index contributed by atoms with van der Waals surface area (Å²) in [5.74, 6) is -0.980. The summed E-state index contributed by atoms with van der Waals surface area (Å²) in [7, 11) is 1.42. The molecular formula is C28H32N2O7. The van der Waals surface area contributed by atoms with Crippen LogP contribution >= 0.6 is 0 Å². The number of amides is 1. The first-order valence-corrected chi connectivity index (χ1v) is 12.2. The van der Waals surface area contributed by atoms with E-state index in [4.69, 9.17) is 14.2 Å². The minimum Gasteiger partial charge on any atom is -0.507 e. The van der Waals surface area contributed by atoms with Gasteiger partial charge in [-0.3, -0.25) is 14.5 Å². The first-order chi connectivity index (χ1) is 17.9. The number of aliphatic hydroxyl groups is 1. The van der Waals surface area contributed by atoms with Crippen molar-refractivity contribution in [1.29, 1.82) is 0 Å². The number of carbonyl (C=O) groups is 2. The fraction of sp³-hybridized carbons (Fsp3) is 0.357. The fourth-order valence-corrected chi connectivity index (χ4v) is 4.63. The highest BCUT2D eigenvalue weighted by molar-refractivity contribution is 6.46. The average molecular weight is 509 g/mol. The number of ketones is 1. The lowest BCUT2D eigenvalue weighted by Gasteiger charge is -2.29. The van der Waals surface area contributed by atoms with E-state index in [1.54, 1.807) is 42.5 Å². The van der Waals surface area contributed by atoms with Gasteiger partial charge in [0.1, 0.15) is 18.1 Å². The van der Waals surface area contributed by atoms with Crippen LogP contribution in [0.1, 0.15) is 23.6 Å². The first-order valence-electron chi connectivity index (χ1n) is 12.2. The Kier molecular flexibility index (Phi) is 8.47. The summed E-state index contributed by atoms with van der Waals surface area (Å²) < 4.78 is 16.2. The molecule has 0 spiro atoms. The van der Waals surface area contributed by atoms with Crippen LogP contribution in [0.25, 0.3) is 5.76 Å². The second-order valence-electron chi connectivity index (χ2n) is 8.86. The molecule has 0 bridgehead atoms. The number of carbonyl (C=O) groups excluding carboxylic acids is 2. The van der Waals surface area contributed by atoms with Crippen LogP contribution in [-0.4, -0.2) is 84.8 Å². The molecule has 0 aromatic heterocycles. The van der Waals surface area contributed by atoms with E-state index in [9.17, 15) is 19.8 Å². The Morgan fingerprint density at radius 3 is 2.54 bits per heavy atom. The maximum Gasteiger partial charge on any atom is 0.295 e. The van der Waals surface area contributed by atoms with Crippen LogP contribution in [0.4, 0.5) is 0 Å². The maximum atomic E-state index is 13.3. The van der Waals surface area contributed by atoms with Crippen molar-refractivity contribution in [2.45, 2.75) is 12.5 Å². The van der Waals surface area contributed by atoms with Gasteiger partial charge in [-0.05, 0) is 48.4 Å². The van der Waals surface area contributed by atoms with Crippen LogP contribution in [-0.2, 0) is 14.3 Å². The maximum absolute atomic E-state index is 13.3. The lowest BCUT2D eigenvalue weighted by atomic mass is 9.95. The van der Waals surface area contributed by atoms with Gasteiger partial charge >= 0.3 is 0 Å². The smallest absolute Gasteiger partial charge is 0.295 e. The third-order valence-corrected chi connectivity index (χ3v) is 6.53. The highest BCUT2D eigenvalue weighted by atomic mass is 16.5. The van der Waals surface area contributed by atoms with Crippen molar-refractivity contribution in [3.63, 3.8) is 0 Å². The molecule has 0 unspecified atom stereocenters. The van der Waals surface area contributed by atoms with E-state index in [1.165, 1.54) is 18.1 Å². The molecule has 2 fully saturated rings. The molecule has 9 nitrogen and oxygen atoms in total. The second kappa shape index (κ2) is 11.9. The molecule has 0 saturated carbocycles. The molecule has 9 heteroatoms. The van der Waals surface area contributed by atoms with E-state index in [2.05, 4.69) is 11.5 Å². The van der Waals surface area contributed by atoms with Gasteiger partial charge in [0.2, 0.25) is 0 Å². The molecule has 4 rings (SSSR count). The zero-order valence-electron chi connectivity index (χ0n) is 20.9. The number of methoxy groups -OCH3 is 1. The van der Waals surface area contributed by atoms with Gasteiger partial charge in [0, 0.05) is 31.7 Å².